The molecule has 0 unspecified atom stereocenters. The highest BCUT2D eigenvalue weighted by atomic mass is 16.2. The number of aryl methyl sites for hydroxylation is 3. The van der Waals surface area contributed by atoms with Gasteiger partial charge in [-0.05, 0) is 49.9 Å². The van der Waals surface area contributed by atoms with Crippen LogP contribution < -0.4 is 11.2 Å². The van der Waals surface area contributed by atoms with Crippen LogP contribution in [0.2, 0.25) is 0 Å². The average Bonchev–Trinajstić information content (AvgIpc) is 2.53. The van der Waals surface area contributed by atoms with E-state index in [4.69, 9.17) is 6.42 Å². The quantitative estimate of drug-likeness (QED) is 0.452. The van der Waals surface area contributed by atoms with E-state index in [1.54, 1.807) is 0 Å². The number of terminal acetylenes is 1. The summed E-state index contributed by atoms with van der Waals surface area (Å²) in [4.78, 5) is 34.4. The zero-order valence-corrected chi connectivity index (χ0v) is 13.7. The first-order chi connectivity index (χ1) is 11.5. The van der Waals surface area contributed by atoms with Gasteiger partial charge >= 0.3 is 5.69 Å². The molecule has 0 fully saturated rings. The summed E-state index contributed by atoms with van der Waals surface area (Å²) in [5.41, 5.74) is 2.81. The minimum absolute atomic E-state index is 0.183. The third-order valence-electron chi connectivity index (χ3n) is 4.18. The third-order valence-corrected chi connectivity index (χ3v) is 4.18. The largest absolute Gasteiger partial charge is 0.349 e. The van der Waals surface area contributed by atoms with Crippen molar-refractivity contribution in [3.8, 4) is 23.9 Å². The highest BCUT2D eigenvalue weighted by Crippen LogP contribution is 2.24. The minimum Gasteiger partial charge on any atom is -0.322 e. The zero-order chi connectivity index (χ0) is 17.3. The first-order valence-electron chi connectivity index (χ1n) is 7.86. The number of aromatic amines is 1. The van der Waals surface area contributed by atoms with Gasteiger partial charge in [-0.2, -0.15) is 4.98 Å². The van der Waals surface area contributed by atoms with Gasteiger partial charge in [-0.15, -0.1) is 12.3 Å². The molecule has 0 aliphatic carbocycles. The van der Waals surface area contributed by atoms with Gasteiger partial charge in [0.05, 0.1) is 11.0 Å². The number of unbranched alkanes of at least 4 members (excludes halogenated alkanes) is 2. The zero-order valence-electron chi connectivity index (χ0n) is 13.7. The number of hydrogen-bond acceptors (Lipinski definition) is 4. The summed E-state index contributed by atoms with van der Waals surface area (Å²) in [7, 11) is 0. The standard InChI is InChI=1S/C18H18N4O2/c1-4-5-6-7-8-22-14-10-12(3)11(2)9-13(14)19-15-16(22)20-18(24)21-17(15)23/h1,9-10H,5-8H2,2-3H3,(H,21,23,24). The molecular formula is C18H18N4O2. The lowest BCUT2D eigenvalue weighted by Crippen LogP contribution is -2.29. The van der Waals surface area contributed by atoms with Crippen molar-refractivity contribution in [3.05, 3.63) is 44.1 Å². The lowest BCUT2D eigenvalue weighted by molar-refractivity contribution is 0.623. The second kappa shape index (κ2) is 6.28. The van der Waals surface area contributed by atoms with Crippen molar-refractivity contribution in [2.45, 2.75) is 39.7 Å². The van der Waals surface area contributed by atoms with Crippen molar-refractivity contribution in [3.63, 3.8) is 0 Å². The number of nitrogens with one attached hydrogen (secondary N) is 1. The van der Waals surface area contributed by atoms with Gasteiger partial charge in [-0.1, -0.05) is 0 Å². The summed E-state index contributed by atoms with van der Waals surface area (Å²) in [5.74, 6) is 2.94. The Kier molecular flexibility index (Phi) is 4.17. The van der Waals surface area contributed by atoms with Gasteiger partial charge in [0.25, 0.3) is 5.56 Å². The van der Waals surface area contributed by atoms with E-state index >= 15 is 0 Å². The molecule has 2 heterocycles. The van der Waals surface area contributed by atoms with Gasteiger partial charge in [0.15, 0.2) is 11.5 Å². The van der Waals surface area contributed by atoms with E-state index in [0.29, 0.717) is 24.3 Å². The second-order valence-electron chi connectivity index (χ2n) is 5.89. The summed E-state index contributed by atoms with van der Waals surface area (Å²) in [6.45, 7) is 4.64. The SMILES string of the molecule is C#CCCCCn1c2nc(=O)[nH]c(=O)c-2nc2cc(C)c(C)cc21. The van der Waals surface area contributed by atoms with E-state index in [1.807, 2.05) is 30.5 Å². The Morgan fingerprint density at radius 3 is 2.67 bits per heavy atom. The van der Waals surface area contributed by atoms with Crippen LogP contribution in [-0.4, -0.2) is 19.5 Å². The molecule has 6 heteroatoms. The topological polar surface area (TPSA) is 80.6 Å². The molecule has 0 spiro atoms. The normalized spacial score (nSPS) is 11.0. The molecule has 0 amide bonds. The highest BCUT2D eigenvalue weighted by molar-refractivity contribution is 5.81. The highest BCUT2D eigenvalue weighted by Gasteiger charge is 2.18. The Bertz CT molecular complexity index is 1040. The van der Waals surface area contributed by atoms with Crippen LogP contribution in [-0.2, 0) is 6.54 Å². The van der Waals surface area contributed by atoms with Crippen molar-refractivity contribution in [1.29, 1.82) is 0 Å². The number of nitrogens with zero attached hydrogens (tertiary/aromatic N) is 3. The lowest BCUT2D eigenvalue weighted by Gasteiger charge is -2.17. The molecule has 0 bridgehead atoms. The van der Waals surface area contributed by atoms with Gasteiger partial charge in [0, 0.05) is 13.0 Å². The molecular weight excluding hydrogens is 304 g/mol. The molecule has 0 radical (unpaired) electrons. The van der Waals surface area contributed by atoms with Crippen LogP contribution in [0.25, 0.3) is 22.6 Å². The van der Waals surface area contributed by atoms with E-state index in [0.717, 1.165) is 29.5 Å². The maximum absolute atomic E-state index is 12.1. The van der Waals surface area contributed by atoms with Crippen LogP contribution in [0.1, 0.15) is 30.4 Å². The molecule has 1 aromatic carbocycles. The third kappa shape index (κ3) is 2.81. The van der Waals surface area contributed by atoms with Crippen LogP contribution in [0.4, 0.5) is 0 Å². The lowest BCUT2D eigenvalue weighted by atomic mass is 10.1. The van der Waals surface area contributed by atoms with E-state index in [2.05, 4.69) is 20.9 Å². The Morgan fingerprint density at radius 2 is 1.92 bits per heavy atom. The molecule has 1 aromatic rings. The smallest absolute Gasteiger partial charge is 0.322 e. The number of fused-ring (bicyclic) bond motifs is 2. The number of hydrogen-bond donors (Lipinski definition) is 1. The molecule has 0 saturated heterocycles. The molecule has 0 atom stereocenters. The Morgan fingerprint density at radius 1 is 1.17 bits per heavy atom. The number of H-pyrrole nitrogens is 1. The van der Waals surface area contributed by atoms with Gasteiger partial charge in [0.2, 0.25) is 0 Å². The summed E-state index contributed by atoms with van der Waals surface area (Å²) < 4.78 is 1.90. The van der Waals surface area contributed by atoms with Crippen molar-refractivity contribution < 1.29 is 0 Å². The molecule has 0 aromatic heterocycles. The molecule has 122 valence electrons. The summed E-state index contributed by atoms with van der Waals surface area (Å²) in [6, 6.07) is 3.97. The predicted molar refractivity (Wildman–Crippen MR) is 93.2 cm³/mol. The summed E-state index contributed by atoms with van der Waals surface area (Å²) in [5, 5.41) is 0. The first-order valence-corrected chi connectivity index (χ1v) is 7.86. The van der Waals surface area contributed by atoms with Crippen molar-refractivity contribution in [1.82, 2.24) is 19.5 Å². The van der Waals surface area contributed by atoms with Crippen LogP contribution in [0.5, 0.6) is 0 Å². The average molecular weight is 322 g/mol. The molecule has 2 aliphatic heterocycles. The Hall–Kier alpha value is -2.94. The molecule has 3 rings (SSSR count). The second-order valence-corrected chi connectivity index (χ2v) is 5.89. The predicted octanol–water partition coefficient (Wildman–Crippen LogP) is 2.00. The molecule has 1 N–H and O–H groups in total. The van der Waals surface area contributed by atoms with Crippen molar-refractivity contribution >= 4 is 11.0 Å². The number of benzene rings is 1. The molecule has 0 saturated carbocycles. The van der Waals surface area contributed by atoms with E-state index < -0.39 is 11.2 Å². The van der Waals surface area contributed by atoms with Crippen LogP contribution in [0.3, 0.4) is 0 Å². The first kappa shape index (κ1) is 15.9. The van der Waals surface area contributed by atoms with Crippen LogP contribution in [0.15, 0.2) is 21.7 Å². The van der Waals surface area contributed by atoms with Crippen LogP contribution in [0, 0.1) is 26.2 Å². The minimum atomic E-state index is -0.658. The van der Waals surface area contributed by atoms with Gasteiger partial charge in [-0.25, -0.2) is 9.78 Å². The van der Waals surface area contributed by atoms with E-state index in [1.165, 1.54) is 0 Å². The van der Waals surface area contributed by atoms with Crippen molar-refractivity contribution in [2.24, 2.45) is 0 Å². The Balaban J connectivity index is 2.29. The fraction of sp³-hybridized carbons (Fsp3) is 0.333. The monoisotopic (exact) mass is 322 g/mol. The molecule has 6 nitrogen and oxygen atoms in total. The Labute approximate surface area is 138 Å². The summed E-state index contributed by atoms with van der Waals surface area (Å²) in [6.07, 6.45) is 7.69. The fourth-order valence-electron chi connectivity index (χ4n) is 2.77. The van der Waals surface area contributed by atoms with E-state index in [9.17, 15) is 9.59 Å². The van der Waals surface area contributed by atoms with Crippen molar-refractivity contribution in [2.75, 3.05) is 0 Å². The number of aromatic nitrogens is 4. The van der Waals surface area contributed by atoms with Gasteiger partial charge in [0.1, 0.15) is 0 Å². The van der Waals surface area contributed by atoms with E-state index in [-0.39, 0.29) is 5.69 Å². The maximum Gasteiger partial charge on any atom is 0.349 e. The van der Waals surface area contributed by atoms with Crippen LogP contribution >= 0.6 is 0 Å². The van der Waals surface area contributed by atoms with Gasteiger partial charge < -0.3 is 4.57 Å². The number of rotatable bonds is 4. The van der Waals surface area contributed by atoms with Gasteiger partial charge in [-0.3, -0.25) is 9.78 Å². The molecule has 24 heavy (non-hydrogen) atoms. The summed E-state index contributed by atoms with van der Waals surface area (Å²) >= 11 is 0. The molecule has 2 aliphatic rings. The maximum atomic E-state index is 12.1. The fourth-order valence-corrected chi connectivity index (χ4v) is 2.77.